The minimum Gasteiger partial charge on any atom is -0.356 e. The lowest BCUT2D eigenvalue weighted by Crippen LogP contribution is -1.86. The number of aromatic nitrogens is 4. The summed E-state index contributed by atoms with van der Waals surface area (Å²) in [6.07, 6.45) is 1.01. The Bertz CT molecular complexity index is 1070. The van der Waals surface area contributed by atoms with Gasteiger partial charge in [0.2, 0.25) is 5.16 Å². The second kappa shape index (κ2) is 7.98. The van der Waals surface area contributed by atoms with Crippen LogP contribution in [0.3, 0.4) is 0 Å². The average molecular weight is 394 g/mol. The van der Waals surface area contributed by atoms with E-state index < -0.39 is 0 Å². The quantitative estimate of drug-likeness (QED) is 0.442. The normalized spacial score (nSPS) is 11.1. The molecule has 0 fully saturated rings. The summed E-state index contributed by atoms with van der Waals surface area (Å²) in [5.41, 5.74) is 4.86. The Labute approximate surface area is 166 Å². The molecule has 4 rings (SSSR count). The van der Waals surface area contributed by atoms with Crippen molar-refractivity contribution in [3.8, 4) is 22.7 Å². The van der Waals surface area contributed by atoms with E-state index in [2.05, 4.69) is 39.4 Å². The van der Waals surface area contributed by atoms with Gasteiger partial charge in [-0.3, -0.25) is 5.10 Å². The number of hydrogen-bond acceptors (Lipinski definition) is 5. The van der Waals surface area contributed by atoms with Crippen molar-refractivity contribution in [2.24, 2.45) is 0 Å². The van der Waals surface area contributed by atoms with Gasteiger partial charge in [-0.1, -0.05) is 48.1 Å². The minimum absolute atomic E-state index is 0.276. The van der Waals surface area contributed by atoms with Crippen LogP contribution >= 0.6 is 11.8 Å². The number of halogens is 1. The van der Waals surface area contributed by atoms with Crippen LogP contribution in [0.15, 0.2) is 58.2 Å². The summed E-state index contributed by atoms with van der Waals surface area (Å²) in [4.78, 5) is 4.55. The molecule has 0 atom stereocenters. The minimum atomic E-state index is -0.276. The highest BCUT2D eigenvalue weighted by Crippen LogP contribution is 2.29. The number of H-pyrrole nitrogens is 1. The number of rotatable bonds is 6. The Balaban J connectivity index is 1.45. The topological polar surface area (TPSA) is 67.6 Å². The predicted molar refractivity (Wildman–Crippen MR) is 107 cm³/mol. The van der Waals surface area contributed by atoms with Gasteiger partial charge in [0.25, 0.3) is 0 Å². The second-order valence-corrected chi connectivity index (χ2v) is 7.34. The molecule has 0 spiro atoms. The molecule has 0 saturated carbocycles. The first kappa shape index (κ1) is 18.4. The molecule has 1 N–H and O–H groups in total. The summed E-state index contributed by atoms with van der Waals surface area (Å²) in [7, 11) is 0. The van der Waals surface area contributed by atoms with Gasteiger partial charge < -0.3 is 4.52 Å². The number of nitrogens with zero attached hydrogens (tertiary/aromatic N) is 3. The fourth-order valence-electron chi connectivity index (χ4n) is 2.85. The molecule has 7 heteroatoms. The lowest BCUT2D eigenvalue weighted by atomic mass is 10.1. The largest absolute Gasteiger partial charge is 0.356 e. The molecular weight excluding hydrogens is 375 g/mol. The van der Waals surface area contributed by atoms with Gasteiger partial charge in [0.05, 0.1) is 5.69 Å². The van der Waals surface area contributed by atoms with Gasteiger partial charge in [0.15, 0.2) is 11.6 Å². The van der Waals surface area contributed by atoms with Crippen LogP contribution < -0.4 is 0 Å². The molecule has 0 bridgehead atoms. The molecule has 5 nitrogen and oxygen atoms in total. The summed E-state index contributed by atoms with van der Waals surface area (Å²) < 4.78 is 18.6. The Hall–Kier alpha value is -2.93. The van der Waals surface area contributed by atoms with E-state index >= 15 is 0 Å². The first-order chi connectivity index (χ1) is 13.6. The number of nitrogens with one attached hydrogen (secondary N) is 1. The van der Waals surface area contributed by atoms with E-state index in [-0.39, 0.29) is 5.82 Å². The molecule has 2 aromatic carbocycles. The van der Waals surface area contributed by atoms with Gasteiger partial charge in [0, 0.05) is 22.4 Å². The summed E-state index contributed by atoms with van der Waals surface area (Å²) >= 11 is 1.49. The summed E-state index contributed by atoms with van der Waals surface area (Å²) in [6.45, 7) is 4.08. The maximum Gasteiger partial charge on any atom is 0.209 e. The van der Waals surface area contributed by atoms with Crippen LogP contribution in [0.4, 0.5) is 4.39 Å². The Kier molecular flexibility index (Phi) is 5.25. The van der Waals surface area contributed by atoms with E-state index in [1.165, 1.54) is 29.5 Å². The van der Waals surface area contributed by atoms with Gasteiger partial charge >= 0.3 is 0 Å². The lowest BCUT2D eigenvalue weighted by molar-refractivity contribution is 0.426. The molecule has 4 aromatic rings. The SMILES string of the molecule is CCc1ccc(-c2nc(SCc3noc(-c4ccc(F)cc4)c3C)n[nH]2)cc1. The van der Waals surface area contributed by atoms with E-state index in [4.69, 9.17) is 4.52 Å². The van der Waals surface area contributed by atoms with Gasteiger partial charge in [0.1, 0.15) is 5.82 Å². The van der Waals surface area contributed by atoms with Crippen molar-refractivity contribution in [3.63, 3.8) is 0 Å². The van der Waals surface area contributed by atoms with Crippen molar-refractivity contribution >= 4 is 11.8 Å². The van der Waals surface area contributed by atoms with Crippen LogP contribution in [0, 0.1) is 12.7 Å². The van der Waals surface area contributed by atoms with Crippen LogP contribution in [0.1, 0.15) is 23.7 Å². The maximum atomic E-state index is 13.1. The molecule has 2 heterocycles. The third kappa shape index (κ3) is 3.84. The van der Waals surface area contributed by atoms with Crippen LogP contribution in [0.25, 0.3) is 22.7 Å². The van der Waals surface area contributed by atoms with Crippen molar-refractivity contribution in [2.45, 2.75) is 31.2 Å². The number of aromatic amines is 1. The molecule has 0 aliphatic heterocycles. The summed E-state index contributed by atoms with van der Waals surface area (Å²) in [5, 5.41) is 12.1. The molecular formula is C21H19FN4OS. The molecule has 28 heavy (non-hydrogen) atoms. The Morgan fingerprint density at radius 1 is 1.04 bits per heavy atom. The number of hydrogen-bond donors (Lipinski definition) is 1. The maximum absolute atomic E-state index is 13.1. The van der Waals surface area contributed by atoms with Gasteiger partial charge in [-0.15, -0.1) is 5.10 Å². The van der Waals surface area contributed by atoms with Gasteiger partial charge in [-0.25, -0.2) is 9.37 Å². The van der Waals surface area contributed by atoms with Crippen LogP contribution in [0.2, 0.25) is 0 Å². The van der Waals surface area contributed by atoms with Crippen molar-refractivity contribution in [1.82, 2.24) is 20.3 Å². The van der Waals surface area contributed by atoms with Gasteiger partial charge in [-0.05, 0) is 43.2 Å². The molecule has 142 valence electrons. The molecule has 0 radical (unpaired) electrons. The molecule has 0 unspecified atom stereocenters. The van der Waals surface area contributed by atoms with E-state index in [1.807, 2.05) is 19.1 Å². The van der Waals surface area contributed by atoms with Crippen molar-refractivity contribution < 1.29 is 8.91 Å². The molecule has 0 aliphatic rings. The Morgan fingerprint density at radius 2 is 1.75 bits per heavy atom. The predicted octanol–water partition coefficient (Wildman–Crippen LogP) is 5.43. The molecule has 0 amide bonds. The number of benzene rings is 2. The Morgan fingerprint density at radius 3 is 2.46 bits per heavy atom. The first-order valence-electron chi connectivity index (χ1n) is 8.99. The standard InChI is InChI=1S/C21H19FN4OS/c1-3-14-4-6-16(7-5-14)20-23-21(25-24-20)28-12-18-13(2)19(27-26-18)15-8-10-17(22)11-9-15/h4-11H,3,12H2,1-2H3,(H,23,24,25). The smallest absolute Gasteiger partial charge is 0.209 e. The van der Waals surface area contributed by atoms with E-state index in [0.29, 0.717) is 16.7 Å². The zero-order chi connectivity index (χ0) is 19.5. The van der Waals surface area contributed by atoms with Crippen LogP contribution in [-0.2, 0) is 12.2 Å². The third-order valence-electron chi connectivity index (χ3n) is 4.57. The summed E-state index contributed by atoms with van der Waals surface area (Å²) in [6, 6.07) is 14.5. The number of thioether (sulfide) groups is 1. The molecule has 2 aromatic heterocycles. The van der Waals surface area contributed by atoms with E-state index in [9.17, 15) is 4.39 Å². The lowest BCUT2D eigenvalue weighted by Gasteiger charge is -1.99. The van der Waals surface area contributed by atoms with Crippen LogP contribution in [0.5, 0.6) is 0 Å². The van der Waals surface area contributed by atoms with Gasteiger partial charge in [-0.2, -0.15) is 0 Å². The fraction of sp³-hybridized carbons (Fsp3) is 0.190. The molecule has 0 aliphatic carbocycles. The highest BCUT2D eigenvalue weighted by atomic mass is 32.2. The van der Waals surface area contributed by atoms with E-state index in [1.54, 1.807) is 12.1 Å². The first-order valence-corrected chi connectivity index (χ1v) is 9.98. The number of aryl methyl sites for hydroxylation is 1. The molecule has 0 saturated heterocycles. The summed E-state index contributed by atoms with van der Waals surface area (Å²) in [5.74, 6) is 1.71. The van der Waals surface area contributed by atoms with E-state index in [0.717, 1.165) is 34.6 Å². The highest BCUT2D eigenvalue weighted by Gasteiger charge is 2.15. The zero-order valence-corrected chi connectivity index (χ0v) is 16.4. The van der Waals surface area contributed by atoms with Crippen molar-refractivity contribution in [3.05, 3.63) is 71.2 Å². The fourth-order valence-corrected chi connectivity index (χ4v) is 3.65. The van der Waals surface area contributed by atoms with Crippen LogP contribution in [-0.4, -0.2) is 20.3 Å². The second-order valence-electron chi connectivity index (χ2n) is 6.40. The average Bonchev–Trinajstić information content (AvgIpc) is 3.34. The third-order valence-corrected chi connectivity index (χ3v) is 5.42. The highest BCUT2D eigenvalue weighted by molar-refractivity contribution is 7.98. The monoisotopic (exact) mass is 394 g/mol. The zero-order valence-electron chi connectivity index (χ0n) is 15.6. The van der Waals surface area contributed by atoms with Crippen molar-refractivity contribution in [1.29, 1.82) is 0 Å². The van der Waals surface area contributed by atoms with Crippen molar-refractivity contribution in [2.75, 3.05) is 0 Å².